The van der Waals surface area contributed by atoms with E-state index in [9.17, 15) is 5.26 Å². The fourth-order valence-corrected chi connectivity index (χ4v) is 2.67. The molecule has 21 heavy (non-hydrogen) atoms. The Morgan fingerprint density at radius 1 is 1.14 bits per heavy atom. The molecule has 0 radical (unpaired) electrons. The zero-order valence-corrected chi connectivity index (χ0v) is 13.1. The summed E-state index contributed by atoms with van der Waals surface area (Å²) in [6.07, 6.45) is 1.19. The first kappa shape index (κ1) is 14.4. The topological polar surface area (TPSA) is 45.5 Å². The molecule has 2 heterocycles. The van der Waals surface area contributed by atoms with Crippen LogP contribution in [0, 0.1) is 11.3 Å². The number of rotatable bonds is 2. The molecule has 2 saturated heterocycles. The van der Waals surface area contributed by atoms with Crippen molar-refractivity contribution in [1.29, 1.82) is 5.26 Å². The fraction of sp³-hybridized carbons (Fsp3) is 0.562. The fourth-order valence-electron chi connectivity index (χ4n) is 2.67. The maximum atomic E-state index is 9.60. The van der Waals surface area contributed by atoms with E-state index in [0.717, 1.165) is 24.2 Å². The average molecular weight is 284 g/mol. The van der Waals surface area contributed by atoms with Gasteiger partial charge in [-0.25, -0.2) is 0 Å². The Bertz CT molecular complexity index is 587. The number of anilines is 1. The summed E-state index contributed by atoms with van der Waals surface area (Å²) in [5.74, 6) is 0. The Morgan fingerprint density at radius 3 is 2.24 bits per heavy atom. The Balaban J connectivity index is 1.99. The Morgan fingerprint density at radius 2 is 1.76 bits per heavy atom. The minimum atomic E-state index is -0.481. The summed E-state index contributed by atoms with van der Waals surface area (Å²) < 4.78 is 12.2. The molecule has 2 fully saturated rings. The maximum absolute atomic E-state index is 9.60. The highest BCUT2D eigenvalue weighted by Crippen LogP contribution is 2.37. The van der Waals surface area contributed by atoms with Gasteiger partial charge in [0, 0.05) is 18.6 Å². The van der Waals surface area contributed by atoms with E-state index in [-0.39, 0.29) is 0 Å². The van der Waals surface area contributed by atoms with Gasteiger partial charge in [0.25, 0.3) is 0 Å². The molecule has 2 aliphatic heterocycles. The van der Waals surface area contributed by atoms with Crippen molar-refractivity contribution in [3.63, 3.8) is 0 Å². The summed E-state index contributed by atoms with van der Waals surface area (Å²) in [6, 6.07) is 8.27. The van der Waals surface area contributed by atoms with Gasteiger partial charge in [-0.2, -0.15) is 5.26 Å². The van der Waals surface area contributed by atoms with Crippen LogP contribution in [0.3, 0.4) is 0 Å². The minimum Gasteiger partial charge on any atom is -0.399 e. The van der Waals surface area contributed by atoms with Gasteiger partial charge in [0.05, 0.1) is 22.5 Å². The van der Waals surface area contributed by atoms with Crippen molar-refractivity contribution in [2.75, 3.05) is 18.0 Å². The lowest BCUT2D eigenvalue weighted by atomic mass is 9.75. The third kappa shape index (κ3) is 2.23. The second kappa shape index (κ2) is 4.76. The van der Waals surface area contributed by atoms with Crippen LogP contribution in [0.5, 0.6) is 0 Å². The van der Waals surface area contributed by atoms with Gasteiger partial charge in [0.15, 0.2) is 0 Å². The van der Waals surface area contributed by atoms with Gasteiger partial charge in [-0.3, -0.25) is 0 Å². The van der Waals surface area contributed by atoms with Crippen LogP contribution in [0.2, 0.25) is 0 Å². The first-order valence-corrected chi connectivity index (χ1v) is 7.49. The molecule has 0 saturated carbocycles. The molecule has 2 aliphatic rings. The molecule has 0 aromatic heterocycles. The molecule has 1 aromatic rings. The van der Waals surface area contributed by atoms with Crippen molar-refractivity contribution in [2.24, 2.45) is 0 Å². The molecular formula is C16H21BN2O2. The van der Waals surface area contributed by atoms with Gasteiger partial charge in [-0.1, -0.05) is 12.1 Å². The van der Waals surface area contributed by atoms with Gasteiger partial charge in [-0.05, 0) is 40.2 Å². The van der Waals surface area contributed by atoms with E-state index in [1.54, 1.807) is 0 Å². The van der Waals surface area contributed by atoms with Crippen LogP contribution in [-0.4, -0.2) is 31.4 Å². The second-order valence-electron chi connectivity index (χ2n) is 6.78. The highest BCUT2D eigenvalue weighted by Gasteiger charge is 2.52. The number of benzene rings is 1. The summed E-state index contributed by atoms with van der Waals surface area (Å²) in [7, 11) is -0.481. The van der Waals surface area contributed by atoms with Crippen molar-refractivity contribution < 1.29 is 9.31 Å². The summed E-state index contributed by atoms with van der Waals surface area (Å²) >= 11 is 0. The average Bonchev–Trinajstić information content (AvgIpc) is 2.56. The lowest BCUT2D eigenvalue weighted by Crippen LogP contribution is -2.41. The van der Waals surface area contributed by atoms with Crippen LogP contribution >= 0.6 is 0 Å². The van der Waals surface area contributed by atoms with Gasteiger partial charge in [0.1, 0.15) is 6.07 Å². The van der Waals surface area contributed by atoms with Crippen LogP contribution in [0.15, 0.2) is 18.2 Å². The Kier molecular flexibility index (Phi) is 3.27. The van der Waals surface area contributed by atoms with Crippen molar-refractivity contribution in [2.45, 2.75) is 45.3 Å². The third-order valence-electron chi connectivity index (χ3n) is 4.89. The van der Waals surface area contributed by atoms with E-state index < -0.39 is 18.3 Å². The molecule has 110 valence electrons. The van der Waals surface area contributed by atoms with Crippen molar-refractivity contribution in [3.8, 4) is 6.07 Å². The number of hydrogen-bond acceptors (Lipinski definition) is 4. The summed E-state index contributed by atoms with van der Waals surface area (Å²) in [4.78, 5) is 2.23. The van der Waals surface area contributed by atoms with Crippen LogP contribution in [0.25, 0.3) is 0 Å². The quantitative estimate of drug-likeness (QED) is 0.780. The molecule has 0 aliphatic carbocycles. The van der Waals surface area contributed by atoms with Crippen molar-refractivity contribution >= 4 is 18.3 Å². The highest BCUT2D eigenvalue weighted by molar-refractivity contribution is 6.63. The molecule has 5 heteroatoms. The van der Waals surface area contributed by atoms with Crippen molar-refractivity contribution in [1.82, 2.24) is 0 Å². The predicted molar refractivity (Wildman–Crippen MR) is 83.7 cm³/mol. The van der Waals surface area contributed by atoms with Crippen LogP contribution in [0.4, 0.5) is 5.69 Å². The summed E-state index contributed by atoms with van der Waals surface area (Å²) in [5.41, 5.74) is 1.72. The molecule has 1 aromatic carbocycles. The Hall–Kier alpha value is -1.51. The third-order valence-corrected chi connectivity index (χ3v) is 4.89. The largest absolute Gasteiger partial charge is 0.496 e. The van der Waals surface area contributed by atoms with Gasteiger partial charge in [-0.15, -0.1) is 0 Å². The molecular weight excluding hydrogens is 263 g/mol. The molecule has 0 spiro atoms. The monoisotopic (exact) mass is 284 g/mol. The SMILES string of the molecule is CC1(C)OB(c2cccc(N3CCC3)c2C#N)OC1(C)C. The van der Waals surface area contributed by atoms with Crippen LogP contribution in [0.1, 0.15) is 39.7 Å². The first-order chi connectivity index (χ1) is 9.86. The van der Waals surface area contributed by atoms with E-state index >= 15 is 0 Å². The van der Waals surface area contributed by atoms with E-state index in [4.69, 9.17) is 9.31 Å². The molecule has 4 nitrogen and oxygen atoms in total. The smallest absolute Gasteiger partial charge is 0.399 e. The standard InChI is InChI=1S/C16H21BN2O2/c1-15(2)16(3,4)21-17(20-15)13-7-5-8-14(12(13)11-18)19-9-6-10-19/h5,7-8H,6,9-10H2,1-4H3. The van der Waals surface area contributed by atoms with E-state index in [1.807, 2.05) is 45.9 Å². The van der Waals surface area contributed by atoms with E-state index in [0.29, 0.717) is 5.56 Å². The number of nitrogens with zero attached hydrogens (tertiary/aromatic N) is 2. The van der Waals surface area contributed by atoms with E-state index in [2.05, 4.69) is 11.0 Å². The molecule has 0 bridgehead atoms. The lowest BCUT2D eigenvalue weighted by Gasteiger charge is -2.34. The van der Waals surface area contributed by atoms with Crippen molar-refractivity contribution in [3.05, 3.63) is 23.8 Å². The molecule has 0 amide bonds. The minimum absolute atomic E-state index is 0.392. The Labute approximate surface area is 126 Å². The number of nitriles is 1. The van der Waals surface area contributed by atoms with Gasteiger partial charge < -0.3 is 14.2 Å². The van der Waals surface area contributed by atoms with Gasteiger partial charge in [0.2, 0.25) is 0 Å². The molecule has 0 N–H and O–H groups in total. The van der Waals surface area contributed by atoms with Gasteiger partial charge >= 0.3 is 7.12 Å². The first-order valence-electron chi connectivity index (χ1n) is 7.49. The van der Waals surface area contributed by atoms with Crippen LogP contribution < -0.4 is 10.4 Å². The van der Waals surface area contributed by atoms with E-state index in [1.165, 1.54) is 6.42 Å². The second-order valence-corrected chi connectivity index (χ2v) is 6.78. The molecule has 0 unspecified atom stereocenters. The lowest BCUT2D eigenvalue weighted by molar-refractivity contribution is 0.00578. The number of hydrogen-bond donors (Lipinski definition) is 0. The zero-order valence-electron chi connectivity index (χ0n) is 13.1. The predicted octanol–water partition coefficient (Wildman–Crippen LogP) is 2.07. The molecule has 0 atom stereocenters. The maximum Gasteiger partial charge on any atom is 0.496 e. The zero-order chi connectivity index (χ0) is 15.3. The summed E-state index contributed by atoms with van der Waals surface area (Å²) in [5, 5.41) is 9.60. The summed E-state index contributed by atoms with van der Waals surface area (Å²) in [6.45, 7) is 10.1. The molecule has 3 rings (SSSR count). The highest BCUT2D eigenvalue weighted by atomic mass is 16.7. The normalized spacial score (nSPS) is 22.8. The van der Waals surface area contributed by atoms with Crippen LogP contribution in [-0.2, 0) is 9.31 Å².